The molecule has 4 rings (SSSR count). The second-order valence-corrected chi connectivity index (χ2v) is 6.50. The van der Waals surface area contributed by atoms with Crippen molar-refractivity contribution in [2.75, 3.05) is 0 Å². The summed E-state index contributed by atoms with van der Waals surface area (Å²) < 4.78 is 5.15. The van der Waals surface area contributed by atoms with Crippen LogP contribution in [-0.4, -0.2) is 21.9 Å². The van der Waals surface area contributed by atoms with Crippen LogP contribution in [0.4, 0.5) is 0 Å². The highest BCUT2D eigenvalue weighted by atomic mass is 16.5. The molecule has 23 heavy (non-hydrogen) atoms. The highest BCUT2D eigenvalue weighted by molar-refractivity contribution is 6.09. The molecule has 1 aliphatic carbocycles. The molecule has 2 aliphatic rings. The summed E-state index contributed by atoms with van der Waals surface area (Å²) in [5.41, 5.74) is 3.12. The number of carbonyl (C=O) groups is 2. The van der Waals surface area contributed by atoms with Crippen LogP contribution in [0.25, 0.3) is 0 Å². The van der Waals surface area contributed by atoms with Gasteiger partial charge in [-0.15, -0.1) is 0 Å². The molecule has 1 saturated heterocycles. The largest absolute Gasteiger partial charge is 0.361 e. The van der Waals surface area contributed by atoms with Gasteiger partial charge in [-0.1, -0.05) is 29.4 Å². The molecule has 1 spiro atoms. The Hall–Kier alpha value is -2.43. The third kappa shape index (κ3) is 1.89. The maximum Gasteiger partial charge on any atom is 0.240 e. The molecular weight excluding hydrogens is 292 g/mol. The van der Waals surface area contributed by atoms with Gasteiger partial charge in [0.2, 0.25) is 11.8 Å². The van der Waals surface area contributed by atoms with Gasteiger partial charge in [-0.2, -0.15) is 0 Å². The van der Waals surface area contributed by atoms with Crippen molar-refractivity contribution in [3.63, 3.8) is 0 Å². The molecule has 0 saturated carbocycles. The van der Waals surface area contributed by atoms with E-state index < -0.39 is 5.41 Å². The van der Waals surface area contributed by atoms with Gasteiger partial charge in [-0.25, -0.2) is 0 Å². The first kappa shape index (κ1) is 14.2. The van der Waals surface area contributed by atoms with Crippen molar-refractivity contribution in [1.82, 2.24) is 10.1 Å². The lowest BCUT2D eigenvalue weighted by molar-refractivity contribution is -0.140. The molecule has 118 valence electrons. The number of amides is 2. The van der Waals surface area contributed by atoms with E-state index in [2.05, 4.69) is 11.2 Å². The highest BCUT2D eigenvalue weighted by Gasteiger charge is 2.55. The molecule has 0 bridgehead atoms. The Morgan fingerprint density at radius 2 is 2.04 bits per heavy atom. The molecule has 2 heterocycles. The maximum absolute atomic E-state index is 13.1. The van der Waals surface area contributed by atoms with Crippen molar-refractivity contribution in [3.05, 3.63) is 52.4 Å². The topological polar surface area (TPSA) is 63.4 Å². The minimum absolute atomic E-state index is 0.0764. The molecule has 1 aliphatic heterocycles. The number of rotatable bonds is 2. The minimum Gasteiger partial charge on any atom is -0.361 e. The Labute approximate surface area is 134 Å². The average molecular weight is 310 g/mol. The summed E-state index contributed by atoms with van der Waals surface area (Å²) >= 11 is 0. The van der Waals surface area contributed by atoms with Gasteiger partial charge in [-0.3, -0.25) is 14.5 Å². The molecule has 1 aromatic carbocycles. The van der Waals surface area contributed by atoms with Crippen LogP contribution in [0.5, 0.6) is 0 Å². The van der Waals surface area contributed by atoms with E-state index >= 15 is 0 Å². The zero-order chi connectivity index (χ0) is 16.2. The van der Waals surface area contributed by atoms with Crippen molar-refractivity contribution >= 4 is 11.8 Å². The van der Waals surface area contributed by atoms with E-state index in [1.807, 2.05) is 25.1 Å². The van der Waals surface area contributed by atoms with Gasteiger partial charge in [0.15, 0.2) is 0 Å². The van der Waals surface area contributed by atoms with E-state index in [0.717, 1.165) is 29.7 Å². The van der Waals surface area contributed by atoms with Crippen molar-refractivity contribution in [1.29, 1.82) is 0 Å². The van der Waals surface area contributed by atoms with Crippen LogP contribution in [-0.2, 0) is 28.0 Å². The number of aromatic nitrogens is 1. The lowest BCUT2D eigenvalue weighted by Crippen LogP contribution is -2.37. The van der Waals surface area contributed by atoms with Crippen molar-refractivity contribution in [3.8, 4) is 0 Å². The second-order valence-electron chi connectivity index (χ2n) is 6.50. The van der Waals surface area contributed by atoms with E-state index in [4.69, 9.17) is 4.52 Å². The molecule has 5 nitrogen and oxygen atoms in total. The molecule has 2 aromatic rings. The zero-order valence-electron chi connectivity index (χ0n) is 13.3. The zero-order valence-corrected chi connectivity index (χ0v) is 13.3. The summed E-state index contributed by atoms with van der Waals surface area (Å²) in [5.74, 6) is 0.482. The fraction of sp³-hybridized carbons (Fsp3) is 0.389. The second kappa shape index (κ2) is 4.78. The smallest absolute Gasteiger partial charge is 0.240 e. The maximum atomic E-state index is 13.1. The average Bonchev–Trinajstić information content (AvgIpc) is 3.14. The molecule has 2 amide bonds. The van der Waals surface area contributed by atoms with Crippen LogP contribution in [0.2, 0.25) is 0 Å². The van der Waals surface area contributed by atoms with Crippen molar-refractivity contribution in [2.24, 2.45) is 0 Å². The monoisotopic (exact) mass is 310 g/mol. The van der Waals surface area contributed by atoms with E-state index in [-0.39, 0.29) is 24.8 Å². The number of fused-ring (bicyclic) bond motifs is 2. The Kier molecular flexibility index (Phi) is 2.95. The van der Waals surface area contributed by atoms with Gasteiger partial charge >= 0.3 is 0 Å². The van der Waals surface area contributed by atoms with Gasteiger partial charge in [0.1, 0.15) is 5.76 Å². The fourth-order valence-electron chi connectivity index (χ4n) is 3.94. The van der Waals surface area contributed by atoms with Crippen LogP contribution in [0.3, 0.4) is 0 Å². The Balaban J connectivity index is 1.71. The van der Waals surface area contributed by atoms with Gasteiger partial charge in [0.25, 0.3) is 0 Å². The standard InChI is InChI=1S/C18H18N2O3/c1-11-14(12(2)23-19-11)10-20-16(21)9-18(17(20)22)8-7-13-5-3-4-6-15(13)18/h3-6H,7-10H2,1-2H3/t18-/m0/s1. The first-order chi connectivity index (χ1) is 11.0. The molecular formula is C18H18N2O3. The molecule has 0 N–H and O–H groups in total. The number of likely N-dealkylation sites (tertiary alicyclic amines) is 1. The molecule has 1 aromatic heterocycles. The molecule has 5 heteroatoms. The summed E-state index contributed by atoms with van der Waals surface area (Å²) in [6, 6.07) is 7.98. The Morgan fingerprint density at radius 1 is 1.26 bits per heavy atom. The van der Waals surface area contributed by atoms with E-state index in [1.165, 1.54) is 10.5 Å². The fourth-order valence-corrected chi connectivity index (χ4v) is 3.94. The number of nitrogens with zero attached hydrogens (tertiary/aromatic N) is 2. The summed E-state index contributed by atoms with van der Waals surface area (Å²) in [6.07, 6.45) is 1.84. The quantitative estimate of drug-likeness (QED) is 0.799. The first-order valence-corrected chi connectivity index (χ1v) is 7.88. The Bertz CT molecular complexity index is 804. The molecule has 1 fully saturated rings. The van der Waals surface area contributed by atoms with E-state index in [1.54, 1.807) is 6.92 Å². The third-order valence-electron chi connectivity index (χ3n) is 5.26. The Morgan fingerprint density at radius 3 is 2.78 bits per heavy atom. The van der Waals surface area contributed by atoms with Crippen molar-refractivity contribution in [2.45, 2.75) is 45.1 Å². The summed E-state index contributed by atoms with van der Waals surface area (Å²) in [6.45, 7) is 3.89. The van der Waals surface area contributed by atoms with Crippen LogP contribution in [0.15, 0.2) is 28.8 Å². The number of imide groups is 1. The first-order valence-electron chi connectivity index (χ1n) is 7.88. The lowest BCUT2D eigenvalue weighted by Gasteiger charge is -2.22. The van der Waals surface area contributed by atoms with E-state index in [9.17, 15) is 9.59 Å². The SMILES string of the molecule is Cc1noc(C)c1CN1C(=O)C[C@]2(CCc3ccccc32)C1=O. The van der Waals surface area contributed by atoms with Gasteiger partial charge in [0.05, 0.1) is 17.7 Å². The number of aryl methyl sites for hydroxylation is 3. The predicted molar refractivity (Wildman–Crippen MR) is 82.6 cm³/mol. The summed E-state index contributed by atoms with van der Waals surface area (Å²) in [4.78, 5) is 27.0. The van der Waals surface area contributed by atoms with Crippen LogP contribution in [0.1, 0.15) is 41.0 Å². The normalized spacial score (nSPS) is 23.1. The summed E-state index contributed by atoms with van der Waals surface area (Å²) in [5, 5.41) is 3.91. The highest BCUT2D eigenvalue weighted by Crippen LogP contribution is 2.47. The minimum atomic E-state index is -0.660. The van der Waals surface area contributed by atoms with E-state index in [0.29, 0.717) is 5.76 Å². The van der Waals surface area contributed by atoms with Crippen LogP contribution >= 0.6 is 0 Å². The number of hydrogen-bond acceptors (Lipinski definition) is 4. The molecule has 0 radical (unpaired) electrons. The molecule has 1 atom stereocenters. The van der Waals surface area contributed by atoms with Gasteiger partial charge in [-0.05, 0) is 37.8 Å². The van der Waals surface area contributed by atoms with Crippen LogP contribution in [0, 0.1) is 13.8 Å². The molecule has 0 unspecified atom stereocenters. The number of hydrogen-bond donors (Lipinski definition) is 0. The predicted octanol–water partition coefficient (Wildman–Crippen LogP) is 2.43. The number of benzene rings is 1. The van der Waals surface area contributed by atoms with Gasteiger partial charge < -0.3 is 4.52 Å². The van der Waals surface area contributed by atoms with Crippen molar-refractivity contribution < 1.29 is 14.1 Å². The number of carbonyl (C=O) groups excluding carboxylic acids is 2. The van der Waals surface area contributed by atoms with Crippen LogP contribution < -0.4 is 0 Å². The lowest BCUT2D eigenvalue weighted by atomic mass is 9.80. The third-order valence-corrected chi connectivity index (χ3v) is 5.26. The summed E-state index contributed by atoms with van der Waals surface area (Å²) in [7, 11) is 0. The van der Waals surface area contributed by atoms with Gasteiger partial charge in [0, 0.05) is 12.0 Å².